The van der Waals surface area contributed by atoms with Gasteiger partial charge >= 0.3 is 5.97 Å². The van der Waals surface area contributed by atoms with Gasteiger partial charge < -0.3 is 20.1 Å². The number of hydrogen-bond donors (Lipinski definition) is 2. The van der Waals surface area contributed by atoms with E-state index < -0.39 is 6.10 Å². The molecule has 1 atom stereocenters. The Balaban J connectivity index is 1.70. The number of carbonyl (C=O) groups is 2. The summed E-state index contributed by atoms with van der Waals surface area (Å²) < 4.78 is 10.2. The SMILES string of the molecule is COC(=O)c1cccc(CNc2ccc3c(c2)NC(=O)C(C)O3)c1. The Morgan fingerprint density at radius 2 is 2.12 bits per heavy atom. The highest BCUT2D eigenvalue weighted by molar-refractivity contribution is 5.98. The Labute approximate surface area is 139 Å². The predicted molar refractivity (Wildman–Crippen MR) is 90.3 cm³/mol. The maximum atomic E-state index is 11.7. The number of methoxy groups -OCH3 is 1. The molecule has 2 aromatic carbocycles. The van der Waals surface area contributed by atoms with Crippen LogP contribution in [0, 0.1) is 0 Å². The van der Waals surface area contributed by atoms with E-state index in [-0.39, 0.29) is 11.9 Å². The molecule has 6 heteroatoms. The van der Waals surface area contributed by atoms with E-state index in [1.165, 1.54) is 7.11 Å². The number of ether oxygens (including phenoxy) is 2. The third-order valence-electron chi connectivity index (χ3n) is 3.76. The molecule has 1 unspecified atom stereocenters. The molecule has 124 valence electrons. The first kappa shape index (κ1) is 15.9. The van der Waals surface area contributed by atoms with Crippen LogP contribution in [0.5, 0.6) is 5.75 Å². The van der Waals surface area contributed by atoms with Crippen molar-refractivity contribution in [2.24, 2.45) is 0 Å². The number of esters is 1. The number of hydrogen-bond acceptors (Lipinski definition) is 5. The van der Waals surface area contributed by atoms with Crippen molar-refractivity contribution in [3.63, 3.8) is 0 Å². The van der Waals surface area contributed by atoms with Gasteiger partial charge in [0.25, 0.3) is 5.91 Å². The zero-order valence-electron chi connectivity index (χ0n) is 13.5. The first-order valence-electron chi connectivity index (χ1n) is 7.59. The van der Waals surface area contributed by atoms with E-state index >= 15 is 0 Å². The smallest absolute Gasteiger partial charge is 0.337 e. The molecule has 3 rings (SSSR count). The second-order valence-corrected chi connectivity index (χ2v) is 5.51. The summed E-state index contributed by atoms with van der Waals surface area (Å²) >= 11 is 0. The van der Waals surface area contributed by atoms with E-state index in [2.05, 4.69) is 10.6 Å². The van der Waals surface area contributed by atoms with Crippen LogP contribution in [-0.2, 0) is 16.1 Å². The average Bonchev–Trinajstić information content (AvgIpc) is 2.60. The summed E-state index contributed by atoms with van der Waals surface area (Å²) in [5.41, 5.74) is 2.95. The van der Waals surface area contributed by atoms with Gasteiger partial charge in [-0.3, -0.25) is 4.79 Å². The van der Waals surface area contributed by atoms with Gasteiger partial charge in [-0.05, 0) is 42.8 Å². The number of carbonyl (C=O) groups excluding carboxylic acids is 2. The third kappa shape index (κ3) is 3.32. The standard InChI is InChI=1S/C18H18N2O4/c1-11-17(21)20-15-9-14(6-7-16(15)24-11)19-10-12-4-3-5-13(8-12)18(22)23-2/h3-9,11,19H,10H2,1-2H3,(H,20,21). The van der Waals surface area contributed by atoms with Crippen LogP contribution in [0.4, 0.5) is 11.4 Å². The summed E-state index contributed by atoms with van der Waals surface area (Å²) in [4.78, 5) is 23.2. The van der Waals surface area contributed by atoms with Gasteiger partial charge in [-0.2, -0.15) is 0 Å². The molecule has 0 aliphatic carbocycles. The molecule has 1 heterocycles. The number of anilines is 2. The van der Waals surface area contributed by atoms with Gasteiger partial charge in [0, 0.05) is 12.2 Å². The highest BCUT2D eigenvalue weighted by atomic mass is 16.5. The Hall–Kier alpha value is -3.02. The quantitative estimate of drug-likeness (QED) is 0.845. The van der Waals surface area contributed by atoms with Gasteiger partial charge in [-0.25, -0.2) is 4.79 Å². The van der Waals surface area contributed by atoms with Gasteiger partial charge in [0.15, 0.2) is 6.10 Å². The number of nitrogens with one attached hydrogen (secondary N) is 2. The van der Waals surface area contributed by atoms with Gasteiger partial charge in [-0.15, -0.1) is 0 Å². The van der Waals surface area contributed by atoms with E-state index in [9.17, 15) is 9.59 Å². The lowest BCUT2D eigenvalue weighted by molar-refractivity contribution is -0.122. The minimum atomic E-state index is -0.489. The van der Waals surface area contributed by atoms with Crippen molar-refractivity contribution < 1.29 is 19.1 Å². The summed E-state index contributed by atoms with van der Waals surface area (Å²) in [6, 6.07) is 12.7. The maximum absolute atomic E-state index is 11.7. The maximum Gasteiger partial charge on any atom is 0.337 e. The molecule has 2 aromatic rings. The largest absolute Gasteiger partial charge is 0.479 e. The average molecular weight is 326 g/mol. The zero-order valence-corrected chi connectivity index (χ0v) is 13.5. The van der Waals surface area contributed by atoms with E-state index in [0.29, 0.717) is 23.5 Å². The van der Waals surface area contributed by atoms with Crippen molar-refractivity contribution in [3.8, 4) is 5.75 Å². The fraction of sp³-hybridized carbons (Fsp3) is 0.222. The van der Waals surface area contributed by atoms with Crippen molar-refractivity contribution in [3.05, 3.63) is 53.6 Å². The molecule has 0 radical (unpaired) electrons. The molecule has 1 amide bonds. The van der Waals surface area contributed by atoms with E-state index in [4.69, 9.17) is 9.47 Å². The number of fused-ring (bicyclic) bond motifs is 1. The molecule has 1 aliphatic rings. The molecule has 0 aromatic heterocycles. The normalized spacial score (nSPS) is 15.8. The monoisotopic (exact) mass is 326 g/mol. The van der Waals surface area contributed by atoms with Crippen molar-refractivity contribution in [1.29, 1.82) is 0 Å². The number of rotatable bonds is 4. The summed E-state index contributed by atoms with van der Waals surface area (Å²) in [6.07, 6.45) is -0.489. The number of amides is 1. The molecule has 2 N–H and O–H groups in total. The van der Waals surface area contributed by atoms with Gasteiger partial charge in [-0.1, -0.05) is 12.1 Å². The minimum Gasteiger partial charge on any atom is -0.479 e. The Bertz CT molecular complexity index is 788. The highest BCUT2D eigenvalue weighted by Gasteiger charge is 2.23. The second-order valence-electron chi connectivity index (χ2n) is 5.51. The lowest BCUT2D eigenvalue weighted by Crippen LogP contribution is -2.34. The van der Waals surface area contributed by atoms with Gasteiger partial charge in [0.05, 0.1) is 18.4 Å². The van der Waals surface area contributed by atoms with Gasteiger partial charge in [0.1, 0.15) is 5.75 Å². The Morgan fingerprint density at radius 3 is 2.92 bits per heavy atom. The van der Waals surface area contributed by atoms with Crippen LogP contribution in [0.25, 0.3) is 0 Å². The summed E-state index contributed by atoms with van der Waals surface area (Å²) in [5, 5.41) is 6.08. The topological polar surface area (TPSA) is 76.7 Å². The number of benzene rings is 2. The van der Waals surface area contributed by atoms with Crippen LogP contribution in [0.3, 0.4) is 0 Å². The van der Waals surface area contributed by atoms with Crippen molar-refractivity contribution >= 4 is 23.3 Å². The second kappa shape index (κ2) is 6.62. The molecule has 0 bridgehead atoms. The molecule has 24 heavy (non-hydrogen) atoms. The summed E-state index contributed by atoms with van der Waals surface area (Å²) in [7, 11) is 1.36. The fourth-order valence-corrected chi connectivity index (χ4v) is 2.45. The summed E-state index contributed by atoms with van der Waals surface area (Å²) in [5.74, 6) is 0.130. The van der Waals surface area contributed by atoms with Crippen LogP contribution in [0.15, 0.2) is 42.5 Å². The fourth-order valence-electron chi connectivity index (χ4n) is 2.45. The Morgan fingerprint density at radius 1 is 1.29 bits per heavy atom. The molecule has 1 aliphatic heterocycles. The summed E-state index contributed by atoms with van der Waals surface area (Å²) in [6.45, 7) is 2.24. The van der Waals surface area contributed by atoms with Crippen LogP contribution in [-0.4, -0.2) is 25.1 Å². The molecule has 0 saturated carbocycles. The van der Waals surface area contributed by atoms with Crippen LogP contribution in [0.1, 0.15) is 22.8 Å². The van der Waals surface area contributed by atoms with Crippen molar-refractivity contribution in [2.75, 3.05) is 17.7 Å². The van der Waals surface area contributed by atoms with E-state index in [1.807, 2.05) is 30.3 Å². The van der Waals surface area contributed by atoms with Crippen molar-refractivity contribution in [2.45, 2.75) is 19.6 Å². The first-order chi connectivity index (χ1) is 11.6. The minimum absolute atomic E-state index is 0.162. The third-order valence-corrected chi connectivity index (χ3v) is 3.76. The van der Waals surface area contributed by atoms with Gasteiger partial charge in [0.2, 0.25) is 0 Å². The molecule has 0 spiro atoms. The van der Waals surface area contributed by atoms with E-state index in [0.717, 1.165) is 11.3 Å². The van der Waals surface area contributed by atoms with Crippen LogP contribution < -0.4 is 15.4 Å². The lowest BCUT2D eigenvalue weighted by Gasteiger charge is -2.23. The van der Waals surface area contributed by atoms with E-state index in [1.54, 1.807) is 19.1 Å². The zero-order chi connectivity index (χ0) is 17.1. The lowest BCUT2D eigenvalue weighted by atomic mass is 10.1. The molecule has 0 saturated heterocycles. The predicted octanol–water partition coefficient (Wildman–Crippen LogP) is 2.80. The highest BCUT2D eigenvalue weighted by Crippen LogP contribution is 2.32. The molecular weight excluding hydrogens is 308 g/mol. The van der Waals surface area contributed by atoms with Crippen molar-refractivity contribution in [1.82, 2.24) is 0 Å². The van der Waals surface area contributed by atoms with Crippen LogP contribution in [0.2, 0.25) is 0 Å². The molecule has 0 fully saturated rings. The first-order valence-corrected chi connectivity index (χ1v) is 7.59. The Kier molecular flexibility index (Phi) is 4.37. The van der Waals surface area contributed by atoms with Crippen LogP contribution >= 0.6 is 0 Å². The molecular formula is C18H18N2O4. The molecule has 6 nitrogen and oxygen atoms in total.